The fraction of sp³-hybridized carbons (Fsp3) is 0.538. The average molecular weight is 249 g/mol. The van der Waals surface area contributed by atoms with E-state index in [9.17, 15) is 4.79 Å². The van der Waals surface area contributed by atoms with E-state index in [0.717, 1.165) is 25.2 Å². The third-order valence-corrected chi connectivity index (χ3v) is 3.16. The highest BCUT2D eigenvalue weighted by Crippen LogP contribution is 2.15. The van der Waals surface area contributed by atoms with Gasteiger partial charge in [-0.15, -0.1) is 0 Å². The molecule has 2 heterocycles. The zero-order valence-electron chi connectivity index (χ0n) is 10.8. The zero-order chi connectivity index (χ0) is 13.0. The number of anilines is 1. The van der Waals surface area contributed by atoms with E-state index < -0.39 is 0 Å². The lowest BCUT2D eigenvalue weighted by atomic mass is 10.0. The van der Waals surface area contributed by atoms with E-state index in [1.54, 1.807) is 18.3 Å². The molecule has 1 fully saturated rings. The monoisotopic (exact) mass is 249 g/mol. The number of nitrogens with one attached hydrogen (secondary N) is 2. The summed E-state index contributed by atoms with van der Waals surface area (Å²) in [4.78, 5) is 15.7. The third kappa shape index (κ3) is 3.20. The van der Waals surface area contributed by atoms with Crippen molar-refractivity contribution < 1.29 is 9.53 Å². The average Bonchev–Trinajstić information content (AvgIpc) is 2.38. The van der Waals surface area contributed by atoms with Crippen molar-refractivity contribution in [1.82, 2.24) is 10.3 Å². The molecule has 0 amide bonds. The summed E-state index contributed by atoms with van der Waals surface area (Å²) in [6, 6.07) is 4.31. The molecule has 0 radical (unpaired) electrons. The van der Waals surface area contributed by atoms with Gasteiger partial charge in [-0.1, -0.05) is 0 Å². The number of rotatable bonds is 3. The number of carbonyl (C=O) groups excluding carboxylic acids is 1. The Kier molecular flexibility index (Phi) is 4.15. The molecule has 2 atom stereocenters. The normalized spacial score (nSPS) is 23.4. The summed E-state index contributed by atoms with van der Waals surface area (Å²) in [6.07, 6.45) is 3.75. The van der Waals surface area contributed by atoms with Crippen molar-refractivity contribution >= 4 is 11.8 Å². The SMILES string of the molecule is COC(=O)c1ccnc(NC2CCNC(C)C2)c1. The molecule has 2 rings (SSSR count). The van der Waals surface area contributed by atoms with Crippen LogP contribution < -0.4 is 10.6 Å². The van der Waals surface area contributed by atoms with Gasteiger partial charge in [-0.25, -0.2) is 9.78 Å². The number of aromatic nitrogens is 1. The number of methoxy groups -OCH3 is 1. The van der Waals surface area contributed by atoms with Crippen LogP contribution >= 0.6 is 0 Å². The lowest BCUT2D eigenvalue weighted by Crippen LogP contribution is -2.41. The van der Waals surface area contributed by atoms with Crippen LogP contribution in [0.5, 0.6) is 0 Å². The number of piperidine rings is 1. The van der Waals surface area contributed by atoms with E-state index in [-0.39, 0.29) is 5.97 Å². The van der Waals surface area contributed by atoms with E-state index in [1.807, 2.05) is 0 Å². The zero-order valence-corrected chi connectivity index (χ0v) is 10.8. The summed E-state index contributed by atoms with van der Waals surface area (Å²) >= 11 is 0. The maximum Gasteiger partial charge on any atom is 0.338 e. The molecule has 1 aromatic heterocycles. The van der Waals surface area contributed by atoms with Crippen LogP contribution in [-0.4, -0.2) is 36.7 Å². The van der Waals surface area contributed by atoms with Gasteiger partial charge in [-0.05, 0) is 38.4 Å². The molecule has 1 aliphatic heterocycles. The molecule has 0 saturated carbocycles. The van der Waals surface area contributed by atoms with Crippen LogP contribution in [0, 0.1) is 0 Å². The number of nitrogens with zero attached hydrogens (tertiary/aromatic N) is 1. The maximum atomic E-state index is 11.4. The summed E-state index contributed by atoms with van der Waals surface area (Å²) in [6.45, 7) is 3.18. The maximum absolute atomic E-state index is 11.4. The van der Waals surface area contributed by atoms with Crippen molar-refractivity contribution in [2.45, 2.75) is 31.8 Å². The Balaban J connectivity index is 2.02. The molecule has 0 aromatic carbocycles. The van der Waals surface area contributed by atoms with E-state index in [4.69, 9.17) is 4.74 Å². The molecule has 0 aliphatic carbocycles. The lowest BCUT2D eigenvalue weighted by molar-refractivity contribution is 0.0600. The minimum Gasteiger partial charge on any atom is -0.465 e. The van der Waals surface area contributed by atoms with E-state index in [2.05, 4.69) is 22.5 Å². The van der Waals surface area contributed by atoms with Crippen LogP contribution in [0.1, 0.15) is 30.1 Å². The second kappa shape index (κ2) is 5.82. The fourth-order valence-electron chi connectivity index (χ4n) is 2.23. The van der Waals surface area contributed by atoms with Gasteiger partial charge in [0, 0.05) is 18.3 Å². The molecule has 98 valence electrons. The molecule has 1 aromatic rings. The minimum atomic E-state index is -0.334. The van der Waals surface area contributed by atoms with Crippen molar-refractivity contribution in [3.8, 4) is 0 Å². The third-order valence-electron chi connectivity index (χ3n) is 3.16. The summed E-state index contributed by atoms with van der Waals surface area (Å²) in [7, 11) is 1.38. The topological polar surface area (TPSA) is 63.2 Å². The van der Waals surface area contributed by atoms with E-state index in [0.29, 0.717) is 17.6 Å². The van der Waals surface area contributed by atoms with Gasteiger partial charge in [0.2, 0.25) is 0 Å². The van der Waals surface area contributed by atoms with Gasteiger partial charge >= 0.3 is 5.97 Å². The first-order chi connectivity index (χ1) is 8.69. The number of pyridine rings is 1. The summed E-state index contributed by atoms with van der Waals surface area (Å²) in [5, 5.41) is 6.77. The minimum absolute atomic E-state index is 0.334. The first-order valence-electron chi connectivity index (χ1n) is 6.23. The smallest absolute Gasteiger partial charge is 0.338 e. The predicted molar refractivity (Wildman–Crippen MR) is 69.7 cm³/mol. The second-order valence-corrected chi connectivity index (χ2v) is 4.64. The standard InChI is InChI=1S/C13H19N3O2/c1-9-7-11(4-6-14-9)16-12-8-10(3-5-15-12)13(17)18-2/h3,5,8-9,11,14H,4,6-7H2,1-2H3,(H,15,16). The first-order valence-corrected chi connectivity index (χ1v) is 6.23. The Morgan fingerprint density at radius 2 is 2.44 bits per heavy atom. The number of hydrogen-bond donors (Lipinski definition) is 2. The molecule has 0 spiro atoms. The highest BCUT2D eigenvalue weighted by Gasteiger charge is 2.18. The number of hydrogen-bond acceptors (Lipinski definition) is 5. The number of carbonyl (C=O) groups is 1. The Labute approximate surface area is 107 Å². The van der Waals surface area contributed by atoms with Crippen molar-refractivity contribution in [2.24, 2.45) is 0 Å². The highest BCUT2D eigenvalue weighted by molar-refractivity contribution is 5.89. The molecule has 0 bridgehead atoms. The van der Waals surface area contributed by atoms with Gasteiger partial charge in [0.05, 0.1) is 12.7 Å². The Hall–Kier alpha value is -1.62. The van der Waals surface area contributed by atoms with Crippen LogP contribution in [0.25, 0.3) is 0 Å². The predicted octanol–water partition coefficient (Wildman–Crippen LogP) is 1.42. The van der Waals surface area contributed by atoms with Crippen LogP contribution in [-0.2, 0) is 4.74 Å². The van der Waals surface area contributed by atoms with Crippen molar-refractivity contribution in [3.05, 3.63) is 23.9 Å². The molecule has 2 N–H and O–H groups in total. The molecule has 5 nitrogen and oxygen atoms in total. The van der Waals surface area contributed by atoms with Crippen molar-refractivity contribution in [3.63, 3.8) is 0 Å². The quantitative estimate of drug-likeness (QED) is 0.793. The summed E-state index contributed by atoms with van der Waals surface area (Å²) < 4.78 is 4.69. The van der Waals surface area contributed by atoms with Crippen LogP contribution in [0.2, 0.25) is 0 Å². The molecular weight excluding hydrogens is 230 g/mol. The van der Waals surface area contributed by atoms with Gasteiger partial charge in [-0.3, -0.25) is 0 Å². The van der Waals surface area contributed by atoms with Gasteiger partial charge in [-0.2, -0.15) is 0 Å². The number of esters is 1. The van der Waals surface area contributed by atoms with Gasteiger partial charge in [0.15, 0.2) is 0 Å². The lowest BCUT2D eigenvalue weighted by Gasteiger charge is -2.29. The molecular formula is C13H19N3O2. The fourth-order valence-corrected chi connectivity index (χ4v) is 2.23. The molecule has 2 unspecified atom stereocenters. The van der Waals surface area contributed by atoms with Gasteiger partial charge in [0.1, 0.15) is 5.82 Å². The molecule has 18 heavy (non-hydrogen) atoms. The Bertz CT molecular complexity index is 422. The molecule has 1 saturated heterocycles. The summed E-state index contributed by atoms with van der Waals surface area (Å²) in [5.74, 6) is 0.399. The highest BCUT2D eigenvalue weighted by atomic mass is 16.5. The van der Waals surface area contributed by atoms with Gasteiger partial charge in [0.25, 0.3) is 0 Å². The Morgan fingerprint density at radius 1 is 1.61 bits per heavy atom. The van der Waals surface area contributed by atoms with Crippen LogP contribution in [0.4, 0.5) is 5.82 Å². The van der Waals surface area contributed by atoms with Crippen molar-refractivity contribution in [1.29, 1.82) is 0 Å². The first kappa shape index (κ1) is 12.8. The number of ether oxygens (including phenoxy) is 1. The largest absolute Gasteiger partial charge is 0.465 e. The van der Waals surface area contributed by atoms with Gasteiger partial charge < -0.3 is 15.4 Å². The van der Waals surface area contributed by atoms with E-state index in [1.165, 1.54) is 7.11 Å². The Morgan fingerprint density at radius 3 is 3.17 bits per heavy atom. The molecule has 5 heteroatoms. The van der Waals surface area contributed by atoms with Crippen molar-refractivity contribution in [2.75, 3.05) is 19.0 Å². The second-order valence-electron chi connectivity index (χ2n) is 4.64. The van der Waals surface area contributed by atoms with Crippen LogP contribution in [0.15, 0.2) is 18.3 Å². The van der Waals surface area contributed by atoms with Crippen LogP contribution in [0.3, 0.4) is 0 Å². The van der Waals surface area contributed by atoms with E-state index >= 15 is 0 Å². The summed E-state index contributed by atoms with van der Waals surface area (Å²) in [5.41, 5.74) is 0.525. The molecule has 1 aliphatic rings.